The molecule has 0 saturated carbocycles. The molecule has 3 aromatic rings. The van der Waals surface area contributed by atoms with Gasteiger partial charge >= 0.3 is 0 Å². The van der Waals surface area contributed by atoms with Crippen molar-refractivity contribution in [2.75, 3.05) is 27.2 Å². The van der Waals surface area contributed by atoms with Crippen molar-refractivity contribution in [2.45, 2.75) is 19.3 Å². The summed E-state index contributed by atoms with van der Waals surface area (Å²) >= 11 is 0. The fourth-order valence-electron chi connectivity index (χ4n) is 4.41. The van der Waals surface area contributed by atoms with Gasteiger partial charge in [0.15, 0.2) is 0 Å². The number of likely N-dealkylation sites (tertiary alicyclic amines) is 1. The summed E-state index contributed by atoms with van der Waals surface area (Å²) in [5.41, 5.74) is 1.62. The quantitative estimate of drug-likeness (QED) is 0.632. The molecule has 0 aliphatic carbocycles. The summed E-state index contributed by atoms with van der Waals surface area (Å²) in [6.45, 7) is 1.00. The fraction of sp³-hybridized carbons (Fsp3) is 0.320. The van der Waals surface area contributed by atoms with Crippen molar-refractivity contribution < 1.29 is 14.1 Å². The third kappa shape index (κ3) is 4.38. The Bertz CT molecular complexity index is 1050. The number of hydrogen-bond acceptors (Lipinski definition) is 4. The van der Waals surface area contributed by atoms with Crippen LogP contribution in [0.4, 0.5) is 0 Å². The summed E-state index contributed by atoms with van der Waals surface area (Å²) in [6, 6.07) is 20.9. The van der Waals surface area contributed by atoms with E-state index in [9.17, 15) is 9.59 Å². The number of amides is 2. The molecule has 6 heteroatoms. The van der Waals surface area contributed by atoms with Gasteiger partial charge in [0.1, 0.15) is 11.5 Å². The summed E-state index contributed by atoms with van der Waals surface area (Å²) in [5, 5.41) is 4.21. The van der Waals surface area contributed by atoms with Crippen molar-refractivity contribution in [1.82, 2.24) is 15.0 Å². The van der Waals surface area contributed by atoms with Crippen LogP contribution in [0.1, 0.15) is 29.0 Å². The third-order valence-electron chi connectivity index (χ3n) is 5.89. The number of hydrogen-bond donors (Lipinski definition) is 0. The van der Waals surface area contributed by atoms with Gasteiger partial charge in [-0.1, -0.05) is 53.7 Å². The zero-order valence-corrected chi connectivity index (χ0v) is 18.0. The minimum absolute atomic E-state index is 0.00993. The Kier molecular flexibility index (Phi) is 5.89. The van der Waals surface area contributed by atoms with E-state index < -0.39 is 5.41 Å². The van der Waals surface area contributed by atoms with E-state index >= 15 is 0 Å². The number of carbonyl (C=O) groups is 2. The van der Waals surface area contributed by atoms with Gasteiger partial charge in [0.05, 0.1) is 5.41 Å². The summed E-state index contributed by atoms with van der Waals surface area (Å²) in [5.74, 6) is 0.623. The molecule has 1 aromatic heterocycles. The SMILES string of the molecule is CN(C)C(=O)[C@]1(Cc2cc(-c3ccccc3)no2)CCCN(C(=O)c2ccccc2)C1. The maximum atomic E-state index is 13.3. The molecule has 0 unspecified atom stereocenters. The zero-order chi connectivity index (χ0) is 21.8. The number of benzene rings is 2. The van der Waals surface area contributed by atoms with E-state index in [0.717, 1.165) is 17.7 Å². The normalized spacial score (nSPS) is 18.6. The highest BCUT2D eigenvalue weighted by Crippen LogP contribution is 2.37. The fourth-order valence-corrected chi connectivity index (χ4v) is 4.41. The van der Waals surface area contributed by atoms with E-state index in [0.29, 0.717) is 37.3 Å². The van der Waals surface area contributed by atoms with E-state index in [1.807, 2.05) is 66.7 Å². The highest BCUT2D eigenvalue weighted by Gasteiger charge is 2.45. The Balaban J connectivity index is 1.61. The number of piperidine rings is 1. The number of nitrogens with zero attached hydrogens (tertiary/aromatic N) is 3. The molecule has 0 N–H and O–H groups in total. The molecule has 4 rings (SSSR count). The minimum atomic E-state index is -0.736. The molecule has 1 aliphatic heterocycles. The molecule has 0 bridgehead atoms. The van der Waals surface area contributed by atoms with Crippen LogP contribution in [0, 0.1) is 5.41 Å². The van der Waals surface area contributed by atoms with Crippen LogP contribution < -0.4 is 0 Å². The molecular weight excluding hydrogens is 390 g/mol. The molecule has 1 aliphatic rings. The van der Waals surface area contributed by atoms with Crippen LogP contribution in [0.15, 0.2) is 71.3 Å². The summed E-state index contributed by atoms with van der Waals surface area (Å²) in [6.07, 6.45) is 1.87. The lowest BCUT2D eigenvalue weighted by Gasteiger charge is -2.42. The second-order valence-corrected chi connectivity index (χ2v) is 8.40. The number of rotatable bonds is 5. The lowest BCUT2D eigenvalue weighted by molar-refractivity contribution is -0.142. The van der Waals surface area contributed by atoms with E-state index in [1.54, 1.807) is 23.9 Å². The third-order valence-corrected chi connectivity index (χ3v) is 5.89. The monoisotopic (exact) mass is 417 g/mol. The Morgan fingerprint density at radius 1 is 1.06 bits per heavy atom. The van der Waals surface area contributed by atoms with Gasteiger partial charge in [-0.05, 0) is 25.0 Å². The molecular formula is C25H27N3O3. The Morgan fingerprint density at radius 3 is 2.42 bits per heavy atom. The molecule has 2 amide bonds. The van der Waals surface area contributed by atoms with Crippen molar-refractivity contribution in [1.29, 1.82) is 0 Å². The molecule has 160 valence electrons. The van der Waals surface area contributed by atoms with Crippen LogP contribution in [0.2, 0.25) is 0 Å². The lowest BCUT2D eigenvalue weighted by atomic mass is 9.75. The van der Waals surface area contributed by atoms with Gasteiger partial charge in [-0.2, -0.15) is 0 Å². The topological polar surface area (TPSA) is 66.7 Å². The van der Waals surface area contributed by atoms with Crippen LogP contribution in [-0.4, -0.2) is 54.0 Å². The van der Waals surface area contributed by atoms with Crippen molar-refractivity contribution in [3.05, 3.63) is 78.1 Å². The van der Waals surface area contributed by atoms with E-state index in [4.69, 9.17) is 4.52 Å². The van der Waals surface area contributed by atoms with E-state index in [1.165, 1.54) is 0 Å². The summed E-state index contributed by atoms with van der Waals surface area (Å²) in [7, 11) is 3.52. The van der Waals surface area contributed by atoms with Crippen LogP contribution in [0.3, 0.4) is 0 Å². The second kappa shape index (κ2) is 8.76. The zero-order valence-electron chi connectivity index (χ0n) is 18.0. The van der Waals surface area contributed by atoms with E-state index in [2.05, 4.69) is 5.16 Å². The lowest BCUT2D eigenvalue weighted by Crippen LogP contribution is -2.54. The molecule has 2 heterocycles. The highest BCUT2D eigenvalue weighted by atomic mass is 16.5. The van der Waals surface area contributed by atoms with Crippen molar-refractivity contribution >= 4 is 11.8 Å². The van der Waals surface area contributed by atoms with Crippen LogP contribution >= 0.6 is 0 Å². The molecule has 1 atom stereocenters. The molecule has 0 radical (unpaired) electrons. The average molecular weight is 418 g/mol. The first-order valence-corrected chi connectivity index (χ1v) is 10.6. The average Bonchev–Trinajstić information content (AvgIpc) is 3.27. The van der Waals surface area contributed by atoms with Gasteiger partial charge in [-0.15, -0.1) is 0 Å². The van der Waals surface area contributed by atoms with Gasteiger partial charge in [0.25, 0.3) is 5.91 Å². The second-order valence-electron chi connectivity index (χ2n) is 8.40. The van der Waals surface area contributed by atoms with Crippen molar-refractivity contribution in [2.24, 2.45) is 5.41 Å². The van der Waals surface area contributed by atoms with Gasteiger partial charge in [-0.25, -0.2) is 0 Å². The molecule has 1 fully saturated rings. The number of aromatic nitrogens is 1. The molecule has 6 nitrogen and oxygen atoms in total. The van der Waals surface area contributed by atoms with Gasteiger partial charge < -0.3 is 14.3 Å². The largest absolute Gasteiger partial charge is 0.361 e. The molecule has 31 heavy (non-hydrogen) atoms. The van der Waals surface area contributed by atoms with Crippen molar-refractivity contribution in [3.8, 4) is 11.3 Å². The predicted octanol–water partition coefficient (Wildman–Crippen LogP) is 3.89. The predicted molar refractivity (Wildman–Crippen MR) is 118 cm³/mol. The maximum absolute atomic E-state index is 13.3. The van der Waals surface area contributed by atoms with Crippen LogP contribution in [0.5, 0.6) is 0 Å². The summed E-state index contributed by atoms with van der Waals surface area (Å²) < 4.78 is 5.63. The maximum Gasteiger partial charge on any atom is 0.253 e. The Morgan fingerprint density at radius 2 is 1.74 bits per heavy atom. The molecule has 2 aromatic carbocycles. The highest BCUT2D eigenvalue weighted by molar-refractivity contribution is 5.95. The van der Waals surface area contributed by atoms with Gasteiger partial charge in [0.2, 0.25) is 5.91 Å². The van der Waals surface area contributed by atoms with Crippen LogP contribution in [0.25, 0.3) is 11.3 Å². The van der Waals surface area contributed by atoms with Gasteiger partial charge in [0, 0.05) is 50.8 Å². The first kappa shape index (κ1) is 20.8. The Labute approximate surface area is 182 Å². The standard InChI is InChI=1S/C25H27N3O3/c1-27(2)24(30)25(17-21-16-22(26-31-21)19-10-5-3-6-11-19)14-9-15-28(18-25)23(29)20-12-7-4-8-13-20/h3-8,10-13,16H,9,14-15,17-18H2,1-2H3/t25-/m0/s1. The minimum Gasteiger partial charge on any atom is -0.361 e. The first-order chi connectivity index (χ1) is 15.0. The van der Waals surface area contributed by atoms with Crippen molar-refractivity contribution in [3.63, 3.8) is 0 Å². The van der Waals surface area contributed by atoms with Gasteiger partial charge in [-0.3, -0.25) is 9.59 Å². The number of carbonyl (C=O) groups excluding carboxylic acids is 2. The van der Waals surface area contributed by atoms with Crippen LogP contribution in [-0.2, 0) is 11.2 Å². The molecule has 0 spiro atoms. The summed E-state index contributed by atoms with van der Waals surface area (Å²) in [4.78, 5) is 29.8. The molecule has 1 saturated heterocycles. The smallest absolute Gasteiger partial charge is 0.253 e. The first-order valence-electron chi connectivity index (χ1n) is 10.6. The van der Waals surface area contributed by atoms with E-state index in [-0.39, 0.29) is 11.8 Å². The Hall–Kier alpha value is -3.41.